The number of aromatic nitrogens is 2. The molecule has 0 aliphatic carbocycles. The first-order valence-corrected chi connectivity index (χ1v) is 7.64. The second-order valence-corrected chi connectivity index (χ2v) is 6.32. The smallest absolute Gasteiger partial charge is 0.260 e. The number of thiophene rings is 1. The van der Waals surface area contributed by atoms with Crippen LogP contribution in [0.4, 0.5) is 0 Å². The van der Waals surface area contributed by atoms with Crippen LogP contribution < -0.4 is 5.56 Å². The minimum Gasteiger partial charge on any atom is -0.301 e. The highest BCUT2D eigenvalue weighted by atomic mass is 32.2. The Kier molecular flexibility index (Phi) is 4.23. The van der Waals surface area contributed by atoms with Gasteiger partial charge in [0.25, 0.3) is 5.56 Å². The second kappa shape index (κ2) is 5.69. The summed E-state index contributed by atoms with van der Waals surface area (Å²) in [5.41, 5.74) is -0.0164. The predicted molar refractivity (Wildman–Crippen MR) is 75.2 cm³/mol. The van der Waals surface area contributed by atoms with E-state index in [0.717, 1.165) is 20.6 Å². The van der Waals surface area contributed by atoms with E-state index >= 15 is 0 Å². The van der Waals surface area contributed by atoms with Crippen LogP contribution >= 0.6 is 23.1 Å². The molecule has 2 heterocycles. The van der Waals surface area contributed by atoms with Crippen molar-refractivity contribution in [2.75, 3.05) is 5.75 Å². The lowest BCUT2D eigenvalue weighted by atomic mass is 10.3. The number of hydrogen-bond donors (Lipinski definition) is 1. The molecule has 0 amide bonds. The molecular weight excluding hydrogens is 252 g/mol. The lowest BCUT2D eigenvalue weighted by Gasteiger charge is -1.99. The Morgan fingerprint density at radius 3 is 3.06 bits per heavy atom. The lowest BCUT2D eigenvalue weighted by Crippen LogP contribution is -2.07. The quantitative estimate of drug-likeness (QED) is 0.512. The summed E-state index contributed by atoms with van der Waals surface area (Å²) in [6, 6.07) is 1.90. The van der Waals surface area contributed by atoms with Crippen LogP contribution in [0.5, 0.6) is 0 Å². The van der Waals surface area contributed by atoms with Crippen LogP contribution in [0.3, 0.4) is 0 Å². The Bertz CT molecular complexity index is 559. The van der Waals surface area contributed by atoms with Gasteiger partial charge in [-0.3, -0.25) is 4.79 Å². The molecule has 0 saturated carbocycles. The molecule has 92 valence electrons. The van der Waals surface area contributed by atoms with Crippen LogP contribution in [0.2, 0.25) is 0 Å². The van der Waals surface area contributed by atoms with Crippen LogP contribution in [0, 0.1) is 6.92 Å². The molecule has 0 aromatic carbocycles. The molecule has 0 bridgehead atoms. The predicted octanol–water partition coefficient (Wildman–Crippen LogP) is 3.58. The van der Waals surface area contributed by atoms with Gasteiger partial charge in [-0.25, -0.2) is 4.98 Å². The van der Waals surface area contributed by atoms with Gasteiger partial charge in [0.1, 0.15) is 4.83 Å². The molecule has 0 aliphatic heterocycles. The molecule has 0 atom stereocenters. The Balaban J connectivity index is 2.16. The zero-order chi connectivity index (χ0) is 12.3. The third-order valence-electron chi connectivity index (χ3n) is 2.49. The van der Waals surface area contributed by atoms with Crippen LogP contribution in [0.25, 0.3) is 10.2 Å². The molecule has 2 rings (SSSR count). The Morgan fingerprint density at radius 1 is 1.47 bits per heavy atom. The summed E-state index contributed by atoms with van der Waals surface area (Å²) < 4.78 is 0. The number of nitrogens with zero attached hydrogens (tertiary/aromatic N) is 1. The molecule has 0 unspecified atom stereocenters. The zero-order valence-electron chi connectivity index (χ0n) is 10.1. The first-order chi connectivity index (χ1) is 8.20. The highest BCUT2D eigenvalue weighted by Crippen LogP contribution is 2.22. The van der Waals surface area contributed by atoms with Crippen molar-refractivity contribution in [3.63, 3.8) is 0 Å². The molecule has 2 aromatic heterocycles. The largest absolute Gasteiger partial charge is 0.301 e. The van der Waals surface area contributed by atoms with E-state index in [2.05, 4.69) is 16.9 Å². The standard InChI is InChI=1S/C12H16N2OS2/c1-3-4-5-6-16-12-13-10(15)9-7-8(2)17-11(9)14-12/h7H,3-6H2,1-2H3,(H,13,14,15). The number of aryl methyl sites for hydroxylation is 1. The van der Waals surface area contributed by atoms with Gasteiger partial charge < -0.3 is 4.98 Å². The van der Waals surface area contributed by atoms with Gasteiger partial charge in [-0.1, -0.05) is 31.5 Å². The molecule has 0 spiro atoms. The van der Waals surface area contributed by atoms with E-state index in [1.165, 1.54) is 19.3 Å². The van der Waals surface area contributed by atoms with Crippen molar-refractivity contribution < 1.29 is 0 Å². The van der Waals surface area contributed by atoms with E-state index < -0.39 is 0 Å². The number of thioether (sulfide) groups is 1. The van der Waals surface area contributed by atoms with Gasteiger partial charge in [-0.2, -0.15) is 0 Å². The van der Waals surface area contributed by atoms with Crippen molar-refractivity contribution in [1.29, 1.82) is 0 Å². The SMILES string of the molecule is CCCCCSc1nc2sc(C)cc2c(=O)[nH]1. The molecule has 5 heteroatoms. The van der Waals surface area contributed by atoms with Gasteiger partial charge in [0.2, 0.25) is 0 Å². The first kappa shape index (κ1) is 12.6. The van der Waals surface area contributed by atoms with E-state index in [1.54, 1.807) is 23.1 Å². The summed E-state index contributed by atoms with van der Waals surface area (Å²) in [5, 5.41) is 1.46. The molecule has 0 saturated heterocycles. The number of rotatable bonds is 5. The third kappa shape index (κ3) is 3.10. The maximum Gasteiger partial charge on any atom is 0.260 e. The van der Waals surface area contributed by atoms with Crippen molar-refractivity contribution >= 4 is 33.3 Å². The summed E-state index contributed by atoms with van der Waals surface area (Å²) >= 11 is 3.22. The molecule has 17 heavy (non-hydrogen) atoms. The highest BCUT2D eigenvalue weighted by molar-refractivity contribution is 7.99. The normalized spacial score (nSPS) is 11.2. The Hall–Kier alpha value is -0.810. The fourth-order valence-electron chi connectivity index (χ4n) is 1.62. The number of unbranched alkanes of at least 4 members (excludes halogenated alkanes) is 2. The fraction of sp³-hybridized carbons (Fsp3) is 0.500. The Morgan fingerprint density at radius 2 is 2.29 bits per heavy atom. The second-order valence-electron chi connectivity index (χ2n) is 4.00. The van der Waals surface area contributed by atoms with Gasteiger partial charge in [0, 0.05) is 10.6 Å². The monoisotopic (exact) mass is 268 g/mol. The molecular formula is C12H16N2OS2. The molecule has 2 aromatic rings. The van der Waals surface area contributed by atoms with Gasteiger partial charge in [-0.05, 0) is 19.4 Å². The van der Waals surface area contributed by atoms with Gasteiger partial charge >= 0.3 is 0 Å². The van der Waals surface area contributed by atoms with E-state index in [1.807, 2.05) is 13.0 Å². The minimum atomic E-state index is -0.0164. The molecule has 0 radical (unpaired) electrons. The summed E-state index contributed by atoms with van der Waals surface area (Å²) in [6.07, 6.45) is 3.62. The van der Waals surface area contributed by atoms with E-state index in [9.17, 15) is 4.79 Å². The molecule has 3 nitrogen and oxygen atoms in total. The van der Waals surface area contributed by atoms with E-state index in [4.69, 9.17) is 0 Å². The summed E-state index contributed by atoms with van der Waals surface area (Å²) in [5.74, 6) is 1.02. The van der Waals surface area contributed by atoms with E-state index in [-0.39, 0.29) is 5.56 Å². The fourth-order valence-corrected chi connectivity index (χ4v) is 3.42. The van der Waals surface area contributed by atoms with Gasteiger partial charge in [-0.15, -0.1) is 11.3 Å². The number of hydrogen-bond acceptors (Lipinski definition) is 4. The minimum absolute atomic E-state index is 0.0164. The van der Waals surface area contributed by atoms with Crippen LogP contribution in [0.1, 0.15) is 31.1 Å². The van der Waals surface area contributed by atoms with Crippen LogP contribution in [-0.4, -0.2) is 15.7 Å². The van der Waals surface area contributed by atoms with Gasteiger partial charge in [0.15, 0.2) is 5.16 Å². The van der Waals surface area contributed by atoms with Crippen molar-refractivity contribution in [2.24, 2.45) is 0 Å². The van der Waals surface area contributed by atoms with Crippen LogP contribution in [0.15, 0.2) is 16.0 Å². The Labute approximate surface area is 109 Å². The lowest BCUT2D eigenvalue weighted by molar-refractivity contribution is 0.777. The van der Waals surface area contributed by atoms with Crippen molar-refractivity contribution in [2.45, 2.75) is 38.3 Å². The first-order valence-electron chi connectivity index (χ1n) is 5.84. The third-order valence-corrected chi connectivity index (χ3v) is 4.39. The van der Waals surface area contributed by atoms with Crippen molar-refractivity contribution in [1.82, 2.24) is 9.97 Å². The number of fused-ring (bicyclic) bond motifs is 1. The summed E-state index contributed by atoms with van der Waals surface area (Å²) in [6.45, 7) is 4.19. The van der Waals surface area contributed by atoms with E-state index in [0.29, 0.717) is 5.39 Å². The average Bonchev–Trinajstić information content (AvgIpc) is 2.66. The maximum atomic E-state index is 11.8. The summed E-state index contributed by atoms with van der Waals surface area (Å²) in [7, 11) is 0. The highest BCUT2D eigenvalue weighted by Gasteiger charge is 2.06. The molecule has 1 N–H and O–H groups in total. The maximum absolute atomic E-state index is 11.8. The topological polar surface area (TPSA) is 45.8 Å². The van der Waals surface area contributed by atoms with Crippen LogP contribution in [-0.2, 0) is 0 Å². The molecule has 0 fully saturated rings. The van der Waals surface area contributed by atoms with Gasteiger partial charge in [0.05, 0.1) is 5.39 Å². The average molecular weight is 268 g/mol. The number of H-pyrrole nitrogens is 1. The molecule has 0 aliphatic rings. The number of aromatic amines is 1. The zero-order valence-corrected chi connectivity index (χ0v) is 11.7. The van der Waals surface area contributed by atoms with Crippen molar-refractivity contribution in [3.8, 4) is 0 Å². The summed E-state index contributed by atoms with van der Waals surface area (Å²) in [4.78, 5) is 21.1. The number of nitrogens with one attached hydrogen (secondary N) is 1. The van der Waals surface area contributed by atoms with Crippen molar-refractivity contribution in [3.05, 3.63) is 21.3 Å².